The van der Waals surface area contributed by atoms with Gasteiger partial charge in [0.15, 0.2) is 6.10 Å². The van der Waals surface area contributed by atoms with Crippen LogP contribution in [0.25, 0.3) is 0 Å². The van der Waals surface area contributed by atoms with E-state index in [-0.39, 0.29) is 18.0 Å². The molecule has 0 saturated heterocycles. The van der Waals surface area contributed by atoms with Gasteiger partial charge in [0.25, 0.3) is 0 Å². The molecule has 0 fully saturated rings. The third kappa shape index (κ3) is 3.44. The van der Waals surface area contributed by atoms with E-state index < -0.39 is 0 Å². The van der Waals surface area contributed by atoms with Crippen LogP contribution in [0.5, 0.6) is 0 Å². The minimum Gasteiger partial charge on any atom is -0.452 e. The molecule has 19 heavy (non-hydrogen) atoms. The van der Waals surface area contributed by atoms with Crippen molar-refractivity contribution in [2.24, 2.45) is 5.92 Å². The maximum absolute atomic E-state index is 11.9. The summed E-state index contributed by atoms with van der Waals surface area (Å²) in [6.07, 6.45) is -0.336. The molecule has 0 aliphatic heterocycles. The minimum absolute atomic E-state index is 0.130. The first-order valence-corrected chi connectivity index (χ1v) is 6.49. The summed E-state index contributed by atoms with van der Waals surface area (Å²) in [4.78, 5) is 11.9. The van der Waals surface area contributed by atoms with E-state index in [1.54, 1.807) is 0 Å². The zero-order valence-electron chi connectivity index (χ0n) is 11.2. The first-order valence-electron chi connectivity index (χ1n) is 6.49. The summed E-state index contributed by atoms with van der Waals surface area (Å²) >= 11 is 0. The largest absolute Gasteiger partial charge is 0.452 e. The molecule has 0 aliphatic rings. The van der Waals surface area contributed by atoms with E-state index in [1.165, 1.54) is 0 Å². The summed E-state index contributed by atoms with van der Waals surface area (Å²) in [6.45, 7) is 3.69. The van der Waals surface area contributed by atoms with Crippen molar-refractivity contribution in [3.05, 3.63) is 71.8 Å². The molecule has 0 aromatic heterocycles. The third-order valence-electron chi connectivity index (χ3n) is 2.91. The van der Waals surface area contributed by atoms with E-state index in [9.17, 15) is 4.79 Å². The highest BCUT2D eigenvalue weighted by Gasteiger charge is 2.20. The van der Waals surface area contributed by atoms with Crippen molar-refractivity contribution in [2.75, 3.05) is 0 Å². The van der Waals surface area contributed by atoms with Gasteiger partial charge in [-0.25, -0.2) is 0 Å². The molecular formula is C17H18O2. The fourth-order valence-electron chi connectivity index (χ4n) is 1.84. The molecule has 0 saturated carbocycles. The van der Waals surface area contributed by atoms with E-state index in [0.717, 1.165) is 11.1 Å². The third-order valence-corrected chi connectivity index (χ3v) is 2.91. The van der Waals surface area contributed by atoms with Crippen molar-refractivity contribution in [3.8, 4) is 0 Å². The Morgan fingerprint density at radius 1 is 0.842 bits per heavy atom. The molecule has 2 aromatic rings. The van der Waals surface area contributed by atoms with Crippen molar-refractivity contribution < 1.29 is 9.53 Å². The van der Waals surface area contributed by atoms with Gasteiger partial charge >= 0.3 is 5.97 Å². The van der Waals surface area contributed by atoms with Gasteiger partial charge in [-0.05, 0) is 11.1 Å². The quantitative estimate of drug-likeness (QED) is 0.771. The molecule has 0 atom stereocenters. The number of ether oxygens (including phenoxy) is 1. The molecule has 2 aromatic carbocycles. The molecule has 2 rings (SSSR count). The monoisotopic (exact) mass is 254 g/mol. The second kappa shape index (κ2) is 6.19. The van der Waals surface area contributed by atoms with Crippen LogP contribution in [0.1, 0.15) is 31.1 Å². The number of hydrogen-bond acceptors (Lipinski definition) is 2. The maximum atomic E-state index is 11.9. The van der Waals surface area contributed by atoms with Crippen molar-refractivity contribution in [2.45, 2.75) is 20.0 Å². The summed E-state index contributed by atoms with van der Waals surface area (Å²) in [5.41, 5.74) is 1.98. The lowest BCUT2D eigenvalue weighted by molar-refractivity contribution is -0.151. The highest BCUT2D eigenvalue weighted by atomic mass is 16.5. The average molecular weight is 254 g/mol. The SMILES string of the molecule is CC(C)C(=O)OC(c1ccccc1)c1ccccc1. The van der Waals surface area contributed by atoms with E-state index in [2.05, 4.69) is 0 Å². The van der Waals surface area contributed by atoms with E-state index in [0.29, 0.717) is 0 Å². The predicted octanol–water partition coefficient (Wildman–Crippen LogP) is 3.98. The minimum atomic E-state index is -0.336. The molecular weight excluding hydrogens is 236 g/mol. The highest BCUT2D eigenvalue weighted by molar-refractivity contribution is 5.72. The topological polar surface area (TPSA) is 26.3 Å². The summed E-state index contributed by atoms with van der Waals surface area (Å²) in [6, 6.07) is 19.6. The molecule has 0 radical (unpaired) electrons. The van der Waals surface area contributed by atoms with Gasteiger partial charge in [0, 0.05) is 0 Å². The maximum Gasteiger partial charge on any atom is 0.309 e. The van der Waals surface area contributed by atoms with Crippen LogP contribution in [0.4, 0.5) is 0 Å². The second-order valence-electron chi connectivity index (χ2n) is 4.79. The molecule has 0 heterocycles. The van der Waals surface area contributed by atoms with Gasteiger partial charge in [-0.15, -0.1) is 0 Å². The van der Waals surface area contributed by atoms with Crippen LogP contribution < -0.4 is 0 Å². The summed E-state index contributed by atoms with van der Waals surface area (Å²) in [7, 11) is 0. The Labute approximate surface area is 114 Å². The number of hydrogen-bond donors (Lipinski definition) is 0. The van der Waals surface area contributed by atoms with Crippen molar-refractivity contribution in [1.29, 1.82) is 0 Å². The number of carbonyl (C=O) groups excluding carboxylic acids is 1. The van der Waals surface area contributed by atoms with Crippen LogP contribution in [0.15, 0.2) is 60.7 Å². The van der Waals surface area contributed by atoms with Crippen LogP contribution in [-0.2, 0) is 9.53 Å². The molecule has 0 spiro atoms. The molecule has 2 heteroatoms. The van der Waals surface area contributed by atoms with E-state index in [4.69, 9.17) is 4.74 Å². The van der Waals surface area contributed by atoms with Crippen molar-refractivity contribution >= 4 is 5.97 Å². The van der Waals surface area contributed by atoms with Gasteiger partial charge < -0.3 is 4.74 Å². The summed E-state index contributed by atoms with van der Waals surface area (Å²) in [5, 5.41) is 0. The zero-order valence-corrected chi connectivity index (χ0v) is 11.2. The second-order valence-corrected chi connectivity index (χ2v) is 4.79. The lowest BCUT2D eigenvalue weighted by Crippen LogP contribution is -2.17. The van der Waals surface area contributed by atoms with Crippen LogP contribution in [0.3, 0.4) is 0 Å². The number of rotatable bonds is 4. The Morgan fingerprint density at radius 2 is 1.26 bits per heavy atom. The highest BCUT2D eigenvalue weighted by Crippen LogP contribution is 2.26. The smallest absolute Gasteiger partial charge is 0.309 e. The Bertz CT molecular complexity index is 478. The van der Waals surface area contributed by atoms with Crippen molar-refractivity contribution in [1.82, 2.24) is 0 Å². The van der Waals surface area contributed by atoms with Gasteiger partial charge in [0.1, 0.15) is 0 Å². The predicted molar refractivity (Wildman–Crippen MR) is 75.7 cm³/mol. The first-order chi connectivity index (χ1) is 9.18. The zero-order chi connectivity index (χ0) is 13.7. The first kappa shape index (κ1) is 13.3. The Balaban J connectivity index is 2.32. The van der Waals surface area contributed by atoms with Crippen LogP contribution in [0.2, 0.25) is 0 Å². The number of carbonyl (C=O) groups is 1. The Kier molecular flexibility index (Phi) is 4.35. The van der Waals surface area contributed by atoms with E-state index >= 15 is 0 Å². The normalized spacial score (nSPS) is 10.7. The fourth-order valence-corrected chi connectivity index (χ4v) is 1.84. The average Bonchev–Trinajstić information content (AvgIpc) is 2.46. The molecule has 0 aliphatic carbocycles. The number of benzene rings is 2. The molecule has 0 bridgehead atoms. The molecule has 2 nitrogen and oxygen atoms in total. The standard InChI is InChI=1S/C17H18O2/c1-13(2)17(18)19-16(14-9-5-3-6-10-14)15-11-7-4-8-12-15/h3-13,16H,1-2H3. The molecule has 0 unspecified atom stereocenters. The van der Waals surface area contributed by atoms with Gasteiger partial charge in [0.05, 0.1) is 5.92 Å². The van der Waals surface area contributed by atoms with Gasteiger partial charge in [-0.1, -0.05) is 74.5 Å². The summed E-state index contributed by atoms with van der Waals surface area (Å²) < 4.78 is 5.65. The van der Waals surface area contributed by atoms with Gasteiger partial charge in [-0.2, -0.15) is 0 Å². The van der Waals surface area contributed by atoms with Crippen LogP contribution in [0, 0.1) is 5.92 Å². The Morgan fingerprint density at radius 3 is 1.63 bits per heavy atom. The van der Waals surface area contributed by atoms with Gasteiger partial charge in [-0.3, -0.25) is 4.79 Å². The van der Waals surface area contributed by atoms with Crippen molar-refractivity contribution in [3.63, 3.8) is 0 Å². The van der Waals surface area contributed by atoms with Crippen LogP contribution in [-0.4, -0.2) is 5.97 Å². The number of esters is 1. The lowest BCUT2D eigenvalue weighted by atomic mass is 10.0. The van der Waals surface area contributed by atoms with Gasteiger partial charge in [0.2, 0.25) is 0 Å². The Hall–Kier alpha value is -2.09. The molecule has 98 valence electrons. The van der Waals surface area contributed by atoms with E-state index in [1.807, 2.05) is 74.5 Å². The van der Waals surface area contributed by atoms with Crippen LogP contribution >= 0.6 is 0 Å². The molecule has 0 N–H and O–H groups in total. The summed E-state index contributed by atoms with van der Waals surface area (Å²) in [5.74, 6) is -0.312. The lowest BCUT2D eigenvalue weighted by Gasteiger charge is -2.20. The fraction of sp³-hybridized carbons (Fsp3) is 0.235. The molecule has 0 amide bonds.